The first kappa shape index (κ1) is 17.6. The quantitative estimate of drug-likeness (QED) is 0.456. The van der Waals surface area contributed by atoms with Gasteiger partial charge in [-0.25, -0.2) is 4.98 Å². The topological polar surface area (TPSA) is 65.1 Å². The van der Waals surface area contributed by atoms with Crippen molar-refractivity contribution in [1.29, 1.82) is 0 Å². The van der Waals surface area contributed by atoms with Crippen molar-refractivity contribution in [2.24, 2.45) is 0 Å². The van der Waals surface area contributed by atoms with Gasteiger partial charge in [0.05, 0.1) is 16.6 Å². The van der Waals surface area contributed by atoms with Crippen molar-refractivity contribution in [3.8, 4) is 11.3 Å². The molecule has 0 saturated carbocycles. The minimum atomic E-state index is -0.113. The van der Waals surface area contributed by atoms with Gasteiger partial charge in [0.2, 0.25) is 0 Å². The molecule has 142 valence electrons. The molecule has 0 aliphatic carbocycles. The Morgan fingerprint density at radius 1 is 1.00 bits per heavy atom. The highest BCUT2D eigenvalue weighted by atomic mass is 35.5. The van der Waals surface area contributed by atoms with Crippen LogP contribution >= 0.6 is 11.6 Å². The molecule has 0 bridgehead atoms. The fourth-order valence-corrected chi connectivity index (χ4v) is 3.73. The Morgan fingerprint density at radius 2 is 1.86 bits per heavy atom. The summed E-state index contributed by atoms with van der Waals surface area (Å²) in [5, 5.41) is 5.38. The van der Waals surface area contributed by atoms with Crippen molar-refractivity contribution in [1.82, 2.24) is 24.1 Å². The molecule has 7 heteroatoms. The Labute approximate surface area is 171 Å². The number of aromatic nitrogens is 5. The summed E-state index contributed by atoms with van der Waals surface area (Å²) in [5.74, 6) is 0.439. The molecule has 0 radical (unpaired) electrons. The first-order valence-electron chi connectivity index (χ1n) is 9.23. The van der Waals surface area contributed by atoms with Gasteiger partial charge in [-0.15, -0.1) is 0 Å². The second-order valence-corrected chi connectivity index (χ2v) is 7.19. The van der Waals surface area contributed by atoms with Crippen LogP contribution in [0.2, 0.25) is 5.02 Å². The van der Waals surface area contributed by atoms with E-state index in [-0.39, 0.29) is 5.56 Å². The largest absolute Gasteiger partial charge is 0.314 e. The summed E-state index contributed by atoms with van der Waals surface area (Å²) >= 11 is 6.22. The normalized spacial score (nSPS) is 11.3. The zero-order valence-electron chi connectivity index (χ0n) is 15.4. The molecule has 0 unspecified atom stereocenters. The smallest absolute Gasteiger partial charge is 0.262 e. The van der Waals surface area contributed by atoms with E-state index in [0.717, 1.165) is 12.0 Å². The van der Waals surface area contributed by atoms with Crippen LogP contribution in [-0.2, 0) is 13.0 Å². The van der Waals surface area contributed by atoms with E-state index in [4.69, 9.17) is 11.6 Å². The van der Waals surface area contributed by atoms with Crippen LogP contribution in [0.1, 0.15) is 5.56 Å². The Bertz CT molecular complexity index is 1390. The molecule has 0 spiro atoms. The summed E-state index contributed by atoms with van der Waals surface area (Å²) < 4.78 is 3.31. The third-order valence-corrected chi connectivity index (χ3v) is 5.16. The second-order valence-electron chi connectivity index (χ2n) is 6.75. The summed E-state index contributed by atoms with van der Waals surface area (Å²) in [5.41, 5.74) is 3.08. The molecule has 3 aromatic heterocycles. The van der Waals surface area contributed by atoms with Crippen molar-refractivity contribution in [2.45, 2.75) is 13.0 Å². The molecule has 2 aromatic carbocycles. The monoisotopic (exact) mass is 401 g/mol. The van der Waals surface area contributed by atoms with Crippen molar-refractivity contribution in [3.63, 3.8) is 0 Å². The van der Waals surface area contributed by atoms with Gasteiger partial charge in [-0.3, -0.25) is 4.79 Å². The van der Waals surface area contributed by atoms with Crippen LogP contribution in [0.25, 0.3) is 27.9 Å². The molecule has 0 amide bonds. The van der Waals surface area contributed by atoms with Crippen LogP contribution in [0.3, 0.4) is 0 Å². The number of pyridine rings is 1. The molecular weight excluding hydrogens is 386 g/mol. The zero-order chi connectivity index (χ0) is 19.8. The molecule has 3 heterocycles. The number of rotatable bonds is 4. The number of fused-ring (bicyclic) bond motifs is 2. The zero-order valence-corrected chi connectivity index (χ0v) is 16.1. The number of benzene rings is 2. The molecule has 0 aliphatic rings. The molecule has 29 heavy (non-hydrogen) atoms. The van der Waals surface area contributed by atoms with E-state index in [0.29, 0.717) is 33.9 Å². The predicted octanol–water partition coefficient (Wildman–Crippen LogP) is 4.00. The SMILES string of the molecule is O=c1c2c(-c3cccc(Cl)c3)n3ncnc3nc2ccn1CCc1ccccc1. The van der Waals surface area contributed by atoms with Crippen LogP contribution in [0.4, 0.5) is 0 Å². The first-order valence-corrected chi connectivity index (χ1v) is 9.61. The van der Waals surface area contributed by atoms with Gasteiger partial charge in [-0.1, -0.05) is 54.1 Å². The Hall–Kier alpha value is -3.51. The number of hydrogen-bond acceptors (Lipinski definition) is 4. The molecular formula is C22H16ClN5O. The van der Waals surface area contributed by atoms with Crippen LogP contribution < -0.4 is 5.56 Å². The highest BCUT2D eigenvalue weighted by Gasteiger charge is 2.17. The van der Waals surface area contributed by atoms with Gasteiger partial charge >= 0.3 is 0 Å². The summed E-state index contributed by atoms with van der Waals surface area (Å²) in [6, 6.07) is 19.3. The number of hydrogen-bond donors (Lipinski definition) is 0. The van der Waals surface area contributed by atoms with Crippen molar-refractivity contribution in [2.75, 3.05) is 0 Å². The molecule has 6 nitrogen and oxygen atoms in total. The lowest BCUT2D eigenvalue weighted by molar-refractivity contribution is 0.674. The minimum Gasteiger partial charge on any atom is -0.314 e. The van der Waals surface area contributed by atoms with Crippen molar-refractivity contribution >= 4 is 28.3 Å². The number of nitrogens with zero attached hydrogens (tertiary/aromatic N) is 5. The minimum absolute atomic E-state index is 0.113. The van der Waals surface area contributed by atoms with Crippen molar-refractivity contribution < 1.29 is 0 Å². The Kier molecular flexibility index (Phi) is 4.33. The fourth-order valence-electron chi connectivity index (χ4n) is 3.54. The highest BCUT2D eigenvalue weighted by Crippen LogP contribution is 2.27. The van der Waals surface area contributed by atoms with Crippen LogP contribution in [-0.4, -0.2) is 24.1 Å². The number of halogens is 1. The van der Waals surface area contributed by atoms with Gasteiger partial charge in [-0.2, -0.15) is 14.6 Å². The molecule has 0 aliphatic heterocycles. The third-order valence-electron chi connectivity index (χ3n) is 4.92. The maximum atomic E-state index is 13.4. The molecule has 5 rings (SSSR count). The molecule has 0 fully saturated rings. The van der Waals surface area contributed by atoms with E-state index in [1.807, 2.05) is 42.5 Å². The first-order chi connectivity index (χ1) is 14.2. The summed E-state index contributed by atoms with van der Waals surface area (Å²) in [4.78, 5) is 22.1. The molecule has 0 saturated heterocycles. The maximum absolute atomic E-state index is 13.4. The predicted molar refractivity (Wildman–Crippen MR) is 113 cm³/mol. The lowest BCUT2D eigenvalue weighted by atomic mass is 10.1. The summed E-state index contributed by atoms with van der Waals surface area (Å²) in [7, 11) is 0. The van der Waals surface area contributed by atoms with Crippen LogP contribution in [0.15, 0.2) is 78.0 Å². The highest BCUT2D eigenvalue weighted by molar-refractivity contribution is 6.30. The van der Waals surface area contributed by atoms with Gasteiger partial charge in [0.15, 0.2) is 0 Å². The van der Waals surface area contributed by atoms with Crippen LogP contribution in [0.5, 0.6) is 0 Å². The van der Waals surface area contributed by atoms with Crippen LogP contribution in [0, 0.1) is 0 Å². The average molecular weight is 402 g/mol. The van der Waals surface area contributed by atoms with E-state index in [2.05, 4.69) is 27.2 Å². The van der Waals surface area contributed by atoms with Gasteiger partial charge in [0.1, 0.15) is 6.33 Å². The second kappa shape index (κ2) is 7.14. The lowest BCUT2D eigenvalue weighted by Crippen LogP contribution is -2.22. The average Bonchev–Trinajstić information content (AvgIpc) is 3.21. The van der Waals surface area contributed by atoms with Gasteiger partial charge in [0.25, 0.3) is 11.3 Å². The molecule has 0 atom stereocenters. The van der Waals surface area contributed by atoms with E-state index in [1.165, 1.54) is 11.9 Å². The summed E-state index contributed by atoms with van der Waals surface area (Å²) in [6.07, 6.45) is 3.98. The summed E-state index contributed by atoms with van der Waals surface area (Å²) in [6.45, 7) is 0.573. The lowest BCUT2D eigenvalue weighted by Gasteiger charge is -2.12. The Morgan fingerprint density at radius 3 is 2.69 bits per heavy atom. The van der Waals surface area contributed by atoms with E-state index < -0.39 is 0 Å². The molecule has 0 N–H and O–H groups in total. The molecule has 5 aromatic rings. The Balaban J connectivity index is 1.72. The van der Waals surface area contributed by atoms with Crippen molar-refractivity contribution in [3.05, 3.63) is 94.1 Å². The maximum Gasteiger partial charge on any atom is 0.262 e. The van der Waals surface area contributed by atoms with Gasteiger partial charge < -0.3 is 4.57 Å². The standard InChI is InChI=1S/C22H16ClN5O/c23-17-8-4-7-16(13-17)20-19-18(26-22-24-14-25-28(20)22)10-12-27(21(19)29)11-9-15-5-2-1-3-6-15/h1-8,10,12-14H,9,11H2. The van der Waals surface area contributed by atoms with E-state index in [9.17, 15) is 4.79 Å². The van der Waals surface area contributed by atoms with Gasteiger partial charge in [0, 0.05) is 23.3 Å². The van der Waals surface area contributed by atoms with E-state index in [1.54, 1.807) is 21.3 Å². The third kappa shape index (κ3) is 3.17. The fraction of sp³-hybridized carbons (Fsp3) is 0.0909. The van der Waals surface area contributed by atoms with E-state index >= 15 is 0 Å². The number of aryl methyl sites for hydroxylation is 2. The van der Waals surface area contributed by atoms with Gasteiger partial charge in [-0.05, 0) is 30.2 Å².